The van der Waals surface area contributed by atoms with Crippen LogP contribution in [0.25, 0.3) is 0 Å². The van der Waals surface area contributed by atoms with Gasteiger partial charge in [0, 0.05) is 10.5 Å². The Morgan fingerprint density at radius 2 is 2.05 bits per heavy atom. The Kier molecular flexibility index (Phi) is 5.71. The van der Waals surface area contributed by atoms with Gasteiger partial charge in [0.2, 0.25) is 0 Å². The van der Waals surface area contributed by atoms with E-state index in [-0.39, 0.29) is 0 Å². The molecule has 0 spiro atoms. The Labute approximate surface area is 125 Å². The van der Waals surface area contributed by atoms with Crippen LogP contribution in [0.3, 0.4) is 0 Å². The van der Waals surface area contributed by atoms with E-state index in [0.717, 1.165) is 22.6 Å². The van der Waals surface area contributed by atoms with Gasteiger partial charge in [-0.25, -0.2) is 0 Å². The fourth-order valence-electron chi connectivity index (χ4n) is 3.18. The summed E-state index contributed by atoms with van der Waals surface area (Å²) in [5.41, 5.74) is 1.29. The molecule has 1 saturated carbocycles. The van der Waals surface area contributed by atoms with E-state index >= 15 is 0 Å². The molecule has 0 saturated heterocycles. The molecule has 1 aromatic carbocycles. The van der Waals surface area contributed by atoms with E-state index in [1.54, 1.807) is 7.11 Å². The molecule has 0 amide bonds. The van der Waals surface area contributed by atoms with E-state index in [2.05, 4.69) is 34.4 Å². The summed E-state index contributed by atoms with van der Waals surface area (Å²) in [6, 6.07) is 6.83. The molecule has 3 heteroatoms. The van der Waals surface area contributed by atoms with Gasteiger partial charge in [0.05, 0.1) is 7.11 Å². The van der Waals surface area contributed by atoms with Crippen LogP contribution in [0.2, 0.25) is 0 Å². The van der Waals surface area contributed by atoms with E-state index < -0.39 is 0 Å². The van der Waals surface area contributed by atoms with Crippen LogP contribution in [0.5, 0.6) is 5.75 Å². The van der Waals surface area contributed by atoms with Gasteiger partial charge in [-0.05, 0) is 56.0 Å². The molecule has 1 aliphatic rings. The van der Waals surface area contributed by atoms with Crippen LogP contribution in [0, 0.1) is 5.92 Å². The zero-order valence-electron chi connectivity index (χ0n) is 11.9. The molecule has 0 aromatic heterocycles. The molecular weight excluding hydrogens is 302 g/mol. The van der Waals surface area contributed by atoms with Gasteiger partial charge in [-0.1, -0.05) is 35.2 Å². The first kappa shape index (κ1) is 14.9. The first-order valence-corrected chi connectivity index (χ1v) is 8.03. The van der Waals surface area contributed by atoms with Gasteiger partial charge in [-0.15, -0.1) is 0 Å². The van der Waals surface area contributed by atoms with E-state index in [9.17, 15) is 0 Å². The van der Waals surface area contributed by atoms with Crippen LogP contribution in [0.15, 0.2) is 22.7 Å². The maximum Gasteiger partial charge on any atom is 0.122 e. The van der Waals surface area contributed by atoms with Crippen molar-refractivity contribution in [2.24, 2.45) is 5.92 Å². The number of halogens is 1. The highest BCUT2D eigenvalue weighted by molar-refractivity contribution is 9.10. The number of ether oxygens (including phenoxy) is 1. The van der Waals surface area contributed by atoms with Crippen molar-refractivity contribution in [3.63, 3.8) is 0 Å². The zero-order chi connectivity index (χ0) is 13.7. The molecule has 1 N–H and O–H groups in total. The molecule has 2 nitrogen and oxygen atoms in total. The Hall–Kier alpha value is -0.540. The number of likely N-dealkylation sites (N-methyl/N-ethyl adjacent to an activating group) is 1. The summed E-state index contributed by atoms with van der Waals surface area (Å²) in [6.07, 6.45) is 7.96. The van der Waals surface area contributed by atoms with Crippen molar-refractivity contribution in [2.45, 2.75) is 44.6 Å². The summed E-state index contributed by atoms with van der Waals surface area (Å²) in [5, 5.41) is 3.52. The number of methoxy groups -OCH3 is 1. The smallest absolute Gasteiger partial charge is 0.122 e. The molecule has 106 valence electrons. The van der Waals surface area contributed by atoms with Gasteiger partial charge >= 0.3 is 0 Å². The fraction of sp³-hybridized carbons (Fsp3) is 0.625. The molecule has 2 rings (SSSR count). The molecule has 0 radical (unpaired) electrons. The van der Waals surface area contributed by atoms with E-state index in [4.69, 9.17) is 4.74 Å². The number of hydrogen-bond donors (Lipinski definition) is 1. The maximum absolute atomic E-state index is 5.48. The molecule has 19 heavy (non-hydrogen) atoms. The van der Waals surface area contributed by atoms with Crippen molar-refractivity contribution in [1.29, 1.82) is 0 Å². The van der Waals surface area contributed by atoms with E-state index in [1.807, 2.05) is 12.1 Å². The number of hydrogen-bond acceptors (Lipinski definition) is 2. The number of benzene rings is 1. The average molecular weight is 326 g/mol. The van der Waals surface area contributed by atoms with Gasteiger partial charge in [-0.3, -0.25) is 0 Å². The zero-order valence-corrected chi connectivity index (χ0v) is 13.5. The largest absolute Gasteiger partial charge is 0.496 e. The minimum atomic E-state index is 0.559. The minimum absolute atomic E-state index is 0.559. The molecule has 1 unspecified atom stereocenters. The third-order valence-electron chi connectivity index (χ3n) is 4.27. The molecule has 0 aliphatic heterocycles. The summed E-state index contributed by atoms with van der Waals surface area (Å²) in [4.78, 5) is 0. The number of nitrogens with one attached hydrogen (secondary N) is 1. The van der Waals surface area contributed by atoms with Crippen molar-refractivity contribution >= 4 is 15.9 Å². The van der Waals surface area contributed by atoms with Crippen LogP contribution in [-0.4, -0.2) is 20.2 Å². The first-order chi connectivity index (χ1) is 9.24. The normalized spacial score (nSPS) is 18.3. The van der Waals surface area contributed by atoms with Gasteiger partial charge in [0.15, 0.2) is 0 Å². The second-order valence-electron chi connectivity index (χ2n) is 5.45. The Bertz CT molecular complexity index is 402. The molecule has 0 bridgehead atoms. The van der Waals surface area contributed by atoms with Crippen molar-refractivity contribution < 1.29 is 4.74 Å². The lowest BCUT2D eigenvalue weighted by Gasteiger charge is -2.30. The van der Waals surface area contributed by atoms with Crippen molar-refractivity contribution in [1.82, 2.24) is 5.32 Å². The quantitative estimate of drug-likeness (QED) is 0.877. The molecule has 0 heterocycles. The molecule has 1 atom stereocenters. The molecule has 1 aromatic rings. The van der Waals surface area contributed by atoms with Gasteiger partial charge in [0.25, 0.3) is 0 Å². The standard InChI is InChI=1S/C16H24BrNO/c1-18-15(12-6-4-3-5-7-12)11-13-10-14(17)8-9-16(13)19-2/h8-10,12,15,18H,3-7,11H2,1-2H3. The van der Waals surface area contributed by atoms with Crippen molar-refractivity contribution in [2.75, 3.05) is 14.2 Å². The Balaban J connectivity index is 2.10. The lowest BCUT2D eigenvalue weighted by molar-refractivity contribution is 0.275. The monoisotopic (exact) mass is 325 g/mol. The van der Waals surface area contributed by atoms with Gasteiger partial charge < -0.3 is 10.1 Å². The second kappa shape index (κ2) is 7.30. The first-order valence-electron chi connectivity index (χ1n) is 7.24. The lowest BCUT2D eigenvalue weighted by atomic mass is 9.81. The fourth-order valence-corrected chi connectivity index (χ4v) is 3.59. The summed E-state index contributed by atoms with van der Waals surface area (Å²) in [6.45, 7) is 0. The molecule has 1 fully saturated rings. The highest BCUT2D eigenvalue weighted by Gasteiger charge is 2.23. The van der Waals surface area contributed by atoms with Gasteiger partial charge in [-0.2, -0.15) is 0 Å². The van der Waals surface area contributed by atoms with Crippen LogP contribution in [0.4, 0.5) is 0 Å². The SMILES string of the molecule is CNC(Cc1cc(Br)ccc1OC)C1CCCCC1. The van der Waals surface area contributed by atoms with E-state index in [1.165, 1.54) is 37.7 Å². The topological polar surface area (TPSA) is 21.3 Å². The predicted octanol–water partition coefficient (Wildman–Crippen LogP) is 4.17. The molecule has 1 aliphatic carbocycles. The molecular formula is C16H24BrNO. The predicted molar refractivity (Wildman–Crippen MR) is 83.8 cm³/mol. The number of rotatable bonds is 5. The van der Waals surface area contributed by atoms with E-state index in [0.29, 0.717) is 6.04 Å². The van der Waals surface area contributed by atoms with Crippen LogP contribution in [0.1, 0.15) is 37.7 Å². The Morgan fingerprint density at radius 1 is 1.32 bits per heavy atom. The average Bonchev–Trinajstić information content (AvgIpc) is 2.46. The van der Waals surface area contributed by atoms with Crippen LogP contribution < -0.4 is 10.1 Å². The van der Waals surface area contributed by atoms with Crippen molar-refractivity contribution in [3.05, 3.63) is 28.2 Å². The third-order valence-corrected chi connectivity index (χ3v) is 4.77. The summed E-state index contributed by atoms with van der Waals surface area (Å²) < 4.78 is 6.61. The summed E-state index contributed by atoms with van der Waals surface area (Å²) in [5.74, 6) is 1.81. The Morgan fingerprint density at radius 3 is 2.68 bits per heavy atom. The summed E-state index contributed by atoms with van der Waals surface area (Å²) >= 11 is 3.56. The third kappa shape index (κ3) is 3.96. The second-order valence-corrected chi connectivity index (χ2v) is 6.37. The van der Waals surface area contributed by atoms with Gasteiger partial charge in [0.1, 0.15) is 5.75 Å². The van der Waals surface area contributed by atoms with Crippen molar-refractivity contribution in [3.8, 4) is 5.75 Å². The highest BCUT2D eigenvalue weighted by atomic mass is 79.9. The minimum Gasteiger partial charge on any atom is -0.496 e. The van der Waals surface area contributed by atoms with Crippen LogP contribution >= 0.6 is 15.9 Å². The van der Waals surface area contributed by atoms with Crippen LogP contribution in [-0.2, 0) is 6.42 Å². The highest BCUT2D eigenvalue weighted by Crippen LogP contribution is 2.30. The summed E-state index contributed by atoms with van der Waals surface area (Å²) in [7, 11) is 3.84. The maximum atomic E-state index is 5.48. The lowest BCUT2D eigenvalue weighted by Crippen LogP contribution is -2.36.